The summed E-state index contributed by atoms with van der Waals surface area (Å²) in [6.45, 7) is 4.81. The largest absolute Gasteiger partial charge is 0.361 e. The second-order valence-corrected chi connectivity index (χ2v) is 5.63. The van der Waals surface area contributed by atoms with Gasteiger partial charge in [-0.05, 0) is 55.8 Å². The van der Waals surface area contributed by atoms with Crippen molar-refractivity contribution in [2.75, 3.05) is 13.1 Å². The molecule has 104 valence electrons. The van der Waals surface area contributed by atoms with Crippen LogP contribution in [0.5, 0.6) is 0 Å². The Bertz CT molecular complexity index is 514. The summed E-state index contributed by atoms with van der Waals surface area (Å²) in [6, 6.07) is 8.62. The van der Waals surface area contributed by atoms with Crippen molar-refractivity contribution in [3.05, 3.63) is 36.0 Å². The van der Waals surface area contributed by atoms with Gasteiger partial charge in [0, 0.05) is 17.1 Å². The van der Waals surface area contributed by atoms with Crippen LogP contribution in [0.1, 0.15) is 25.3 Å². The number of hydrogen-bond acceptors (Lipinski definition) is 1. The maximum absolute atomic E-state index is 3.45. The van der Waals surface area contributed by atoms with Gasteiger partial charge in [0.15, 0.2) is 0 Å². The molecule has 1 unspecified atom stereocenters. The average molecular weight is 279 g/mol. The monoisotopic (exact) mass is 278 g/mol. The minimum Gasteiger partial charge on any atom is -0.361 e. The molecule has 0 amide bonds. The summed E-state index contributed by atoms with van der Waals surface area (Å²) in [6.07, 6.45) is 6.07. The van der Waals surface area contributed by atoms with Crippen LogP contribution in [-0.4, -0.2) is 18.1 Å². The lowest BCUT2D eigenvalue weighted by molar-refractivity contribution is 0.274. The van der Waals surface area contributed by atoms with E-state index in [0.717, 1.165) is 11.8 Å². The van der Waals surface area contributed by atoms with E-state index in [1.807, 2.05) is 0 Å². The fraction of sp³-hybridized carbons (Fsp3) is 0.500. The average Bonchev–Trinajstić information content (AvgIpc) is 2.83. The Morgan fingerprint density at radius 2 is 1.95 bits per heavy atom. The molecule has 2 nitrogen and oxygen atoms in total. The number of aromatic amines is 1. The molecule has 1 aliphatic heterocycles. The maximum Gasteiger partial charge on any atom is 0.0456 e. The molecule has 1 fully saturated rings. The summed E-state index contributed by atoms with van der Waals surface area (Å²) < 4.78 is 0. The van der Waals surface area contributed by atoms with Gasteiger partial charge in [-0.25, -0.2) is 0 Å². The summed E-state index contributed by atoms with van der Waals surface area (Å²) in [4.78, 5) is 3.38. The molecule has 1 atom stereocenters. The highest BCUT2D eigenvalue weighted by molar-refractivity contribution is 5.85. The van der Waals surface area contributed by atoms with Gasteiger partial charge in [-0.3, -0.25) is 0 Å². The second kappa shape index (κ2) is 6.44. The molecule has 0 radical (unpaired) electrons. The lowest BCUT2D eigenvalue weighted by Crippen LogP contribution is -2.31. The molecule has 1 aromatic carbocycles. The Morgan fingerprint density at radius 3 is 2.74 bits per heavy atom. The molecule has 3 rings (SSSR count). The third-order valence-electron chi connectivity index (χ3n) is 4.41. The number of rotatable bonds is 3. The van der Waals surface area contributed by atoms with E-state index in [-0.39, 0.29) is 12.4 Å². The van der Waals surface area contributed by atoms with Crippen molar-refractivity contribution in [3.63, 3.8) is 0 Å². The number of nitrogens with one attached hydrogen (secondary N) is 2. The number of benzene rings is 1. The van der Waals surface area contributed by atoms with Gasteiger partial charge >= 0.3 is 0 Å². The second-order valence-electron chi connectivity index (χ2n) is 5.63. The van der Waals surface area contributed by atoms with E-state index >= 15 is 0 Å². The van der Waals surface area contributed by atoms with Gasteiger partial charge in [-0.2, -0.15) is 0 Å². The van der Waals surface area contributed by atoms with Crippen LogP contribution in [0, 0.1) is 11.8 Å². The Kier molecular flexibility index (Phi) is 4.89. The Hall–Kier alpha value is -0.990. The van der Waals surface area contributed by atoms with E-state index in [2.05, 4.69) is 47.7 Å². The van der Waals surface area contributed by atoms with E-state index in [0.29, 0.717) is 0 Å². The first kappa shape index (κ1) is 14.4. The standard InChI is InChI=1S/C16H22N2.ClH/c1-12(13-6-8-17-9-7-13)10-14-11-18-16-5-3-2-4-15(14)16;/h2-5,11-13,17-18H,6-10H2,1H3;1H. The molecule has 2 aromatic rings. The van der Waals surface area contributed by atoms with Crippen LogP contribution >= 0.6 is 12.4 Å². The highest BCUT2D eigenvalue weighted by Crippen LogP contribution is 2.27. The van der Waals surface area contributed by atoms with Crippen molar-refractivity contribution in [1.82, 2.24) is 10.3 Å². The van der Waals surface area contributed by atoms with E-state index in [9.17, 15) is 0 Å². The van der Waals surface area contributed by atoms with Gasteiger partial charge in [0.1, 0.15) is 0 Å². The van der Waals surface area contributed by atoms with Crippen LogP contribution in [0.4, 0.5) is 0 Å². The van der Waals surface area contributed by atoms with Crippen LogP contribution in [0.15, 0.2) is 30.5 Å². The minimum absolute atomic E-state index is 0. The van der Waals surface area contributed by atoms with E-state index in [1.54, 1.807) is 0 Å². The molecule has 1 aliphatic rings. The normalized spacial score (nSPS) is 18.2. The molecule has 0 spiro atoms. The zero-order valence-corrected chi connectivity index (χ0v) is 12.3. The molecule has 0 aliphatic carbocycles. The summed E-state index contributed by atoms with van der Waals surface area (Å²) in [5, 5.41) is 4.85. The summed E-state index contributed by atoms with van der Waals surface area (Å²) in [7, 11) is 0. The lowest BCUT2D eigenvalue weighted by atomic mass is 9.82. The van der Waals surface area contributed by atoms with Crippen molar-refractivity contribution in [2.45, 2.75) is 26.2 Å². The van der Waals surface area contributed by atoms with Crippen molar-refractivity contribution in [2.24, 2.45) is 11.8 Å². The van der Waals surface area contributed by atoms with Crippen molar-refractivity contribution < 1.29 is 0 Å². The minimum atomic E-state index is 0. The van der Waals surface area contributed by atoms with Crippen LogP contribution in [0.2, 0.25) is 0 Å². The highest BCUT2D eigenvalue weighted by atomic mass is 35.5. The van der Waals surface area contributed by atoms with Gasteiger partial charge in [0.25, 0.3) is 0 Å². The molecule has 3 heteroatoms. The number of H-pyrrole nitrogens is 1. The molecule has 1 saturated heterocycles. The zero-order chi connectivity index (χ0) is 12.4. The molecule has 2 heterocycles. The number of para-hydroxylation sites is 1. The van der Waals surface area contributed by atoms with Crippen molar-refractivity contribution in [1.29, 1.82) is 0 Å². The number of piperidine rings is 1. The first-order valence-electron chi connectivity index (χ1n) is 7.10. The molecule has 19 heavy (non-hydrogen) atoms. The topological polar surface area (TPSA) is 27.8 Å². The number of aromatic nitrogens is 1. The number of halogens is 1. The third-order valence-corrected chi connectivity index (χ3v) is 4.41. The predicted octanol–water partition coefficient (Wildman–Crippen LogP) is 3.77. The molecular weight excluding hydrogens is 256 g/mol. The van der Waals surface area contributed by atoms with Crippen LogP contribution in [0.3, 0.4) is 0 Å². The van der Waals surface area contributed by atoms with E-state index in [4.69, 9.17) is 0 Å². The molecule has 0 bridgehead atoms. The SMILES string of the molecule is CC(Cc1c[nH]c2ccccc12)C1CCNCC1.Cl. The van der Waals surface area contributed by atoms with Crippen molar-refractivity contribution >= 4 is 23.3 Å². The first-order chi connectivity index (χ1) is 8.84. The van der Waals surface area contributed by atoms with E-state index in [1.165, 1.54) is 48.8 Å². The van der Waals surface area contributed by atoms with Crippen LogP contribution < -0.4 is 5.32 Å². The van der Waals surface area contributed by atoms with Gasteiger partial charge in [0.05, 0.1) is 0 Å². The molecule has 2 N–H and O–H groups in total. The smallest absolute Gasteiger partial charge is 0.0456 e. The molecule has 0 saturated carbocycles. The summed E-state index contributed by atoms with van der Waals surface area (Å²) in [5.74, 6) is 1.67. The quantitative estimate of drug-likeness (QED) is 0.879. The number of hydrogen-bond donors (Lipinski definition) is 2. The fourth-order valence-electron chi connectivity index (χ4n) is 3.23. The Balaban J connectivity index is 0.00000133. The summed E-state index contributed by atoms with van der Waals surface area (Å²) in [5.41, 5.74) is 2.75. The summed E-state index contributed by atoms with van der Waals surface area (Å²) >= 11 is 0. The van der Waals surface area contributed by atoms with Crippen LogP contribution in [0.25, 0.3) is 10.9 Å². The fourth-order valence-corrected chi connectivity index (χ4v) is 3.23. The predicted molar refractivity (Wildman–Crippen MR) is 84.0 cm³/mol. The Morgan fingerprint density at radius 1 is 1.21 bits per heavy atom. The molecule has 1 aromatic heterocycles. The highest BCUT2D eigenvalue weighted by Gasteiger charge is 2.20. The molecular formula is C16H23ClN2. The van der Waals surface area contributed by atoms with Gasteiger partial charge < -0.3 is 10.3 Å². The van der Waals surface area contributed by atoms with Gasteiger partial charge in [0.2, 0.25) is 0 Å². The maximum atomic E-state index is 3.45. The zero-order valence-electron chi connectivity index (χ0n) is 11.5. The Labute approximate surface area is 121 Å². The lowest BCUT2D eigenvalue weighted by Gasteiger charge is -2.28. The number of fused-ring (bicyclic) bond motifs is 1. The van der Waals surface area contributed by atoms with Gasteiger partial charge in [-0.1, -0.05) is 25.1 Å². The van der Waals surface area contributed by atoms with E-state index < -0.39 is 0 Å². The van der Waals surface area contributed by atoms with Crippen molar-refractivity contribution in [3.8, 4) is 0 Å². The first-order valence-corrected chi connectivity index (χ1v) is 7.10. The van der Waals surface area contributed by atoms with Crippen LogP contribution in [-0.2, 0) is 6.42 Å². The van der Waals surface area contributed by atoms with Gasteiger partial charge in [-0.15, -0.1) is 12.4 Å². The third kappa shape index (κ3) is 3.13.